The molecule has 1 aromatic heterocycles. The molecule has 1 aliphatic heterocycles. The Labute approximate surface area is 103 Å². The van der Waals surface area contributed by atoms with Crippen LogP contribution in [0.1, 0.15) is 19.6 Å². The molecule has 0 atom stereocenters. The van der Waals surface area contributed by atoms with Crippen LogP contribution in [0.4, 0.5) is 0 Å². The van der Waals surface area contributed by atoms with Gasteiger partial charge in [0.2, 0.25) is 0 Å². The molecule has 0 spiro atoms. The van der Waals surface area contributed by atoms with Crippen LogP contribution in [0, 0.1) is 0 Å². The number of ether oxygens (including phenoxy) is 1. The summed E-state index contributed by atoms with van der Waals surface area (Å²) in [5, 5.41) is 3.24. The molecule has 2 rings (SSSR count). The lowest BCUT2D eigenvalue weighted by Crippen LogP contribution is -2.59. The maximum atomic E-state index is 5.88. The molecule has 2 heterocycles. The third-order valence-electron chi connectivity index (χ3n) is 3.26. The Morgan fingerprint density at radius 1 is 1.53 bits per heavy atom. The summed E-state index contributed by atoms with van der Waals surface area (Å²) in [6, 6.07) is 3.95. The standard InChI is InChI=1S/C13H22N2O2/c1-3-15(9-12-5-4-7-16-12)6-8-17-13(2)10-14-11-13/h4-5,7,14H,3,6,8-11H2,1-2H3. The number of hydrogen-bond donors (Lipinski definition) is 1. The van der Waals surface area contributed by atoms with Crippen molar-refractivity contribution in [2.75, 3.05) is 32.8 Å². The van der Waals surface area contributed by atoms with Crippen molar-refractivity contribution in [3.05, 3.63) is 24.2 Å². The quantitative estimate of drug-likeness (QED) is 0.781. The summed E-state index contributed by atoms with van der Waals surface area (Å²) >= 11 is 0. The molecule has 1 saturated heterocycles. The van der Waals surface area contributed by atoms with Gasteiger partial charge in [0.25, 0.3) is 0 Å². The minimum Gasteiger partial charge on any atom is -0.468 e. The first-order valence-electron chi connectivity index (χ1n) is 6.31. The Hall–Kier alpha value is -0.840. The summed E-state index contributed by atoms with van der Waals surface area (Å²) in [7, 11) is 0. The van der Waals surface area contributed by atoms with Crippen molar-refractivity contribution in [1.82, 2.24) is 10.2 Å². The zero-order chi connectivity index (χ0) is 12.1. The number of furan rings is 1. The van der Waals surface area contributed by atoms with E-state index in [-0.39, 0.29) is 5.60 Å². The summed E-state index contributed by atoms with van der Waals surface area (Å²) in [5.41, 5.74) is 0.0596. The normalized spacial score (nSPS) is 18.3. The second-order valence-corrected chi connectivity index (χ2v) is 4.85. The van der Waals surface area contributed by atoms with Gasteiger partial charge < -0.3 is 14.5 Å². The highest BCUT2D eigenvalue weighted by molar-refractivity contribution is 4.97. The lowest BCUT2D eigenvalue weighted by Gasteiger charge is -2.39. The summed E-state index contributed by atoms with van der Waals surface area (Å²) in [4.78, 5) is 2.33. The molecule has 1 N–H and O–H groups in total. The molecule has 1 aromatic rings. The monoisotopic (exact) mass is 238 g/mol. The van der Waals surface area contributed by atoms with Crippen LogP contribution < -0.4 is 5.32 Å². The lowest BCUT2D eigenvalue weighted by atomic mass is 10.0. The predicted octanol–water partition coefficient (Wildman–Crippen LogP) is 1.48. The van der Waals surface area contributed by atoms with Gasteiger partial charge in [-0.15, -0.1) is 0 Å². The van der Waals surface area contributed by atoms with E-state index >= 15 is 0 Å². The average molecular weight is 238 g/mol. The highest BCUT2D eigenvalue weighted by Gasteiger charge is 2.32. The summed E-state index contributed by atoms with van der Waals surface area (Å²) in [6.07, 6.45) is 1.72. The largest absolute Gasteiger partial charge is 0.468 e. The summed E-state index contributed by atoms with van der Waals surface area (Å²) in [6.45, 7) is 9.87. The van der Waals surface area contributed by atoms with E-state index in [0.29, 0.717) is 0 Å². The van der Waals surface area contributed by atoms with Crippen LogP contribution in [0.25, 0.3) is 0 Å². The van der Waals surface area contributed by atoms with Gasteiger partial charge in [-0.1, -0.05) is 6.92 Å². The zero-order valence-corrected chi connectivity index (χ0v) is 10.7. The van der Waals surface area contributed by atoms with Crippen molar-refractivity contribution in [1.29, 1.82) is 0 Å². The van der Waals surface area contributed by atoms with Crippen LogP contribution in [-0.4, -0.2) is 43.3 Å². The van der Waals surface area contributed by atoms with Gasteiger partial charge in [-0.05, 0) is 25.6 Å². The third-order valence-corrected chi connectivity index (χ3v) is 3.26. The van der Waals surface area contributed by atoms with Crippen molar-refractivity contribution in [3.8, 4) is 0 Å². The predicted molar refractivity (Wildman–Crippen MR) is 66.9 cm³/mol. The van der Waals surface area contributed by atoms with E-state index in [4.69, 9.17) is 9.15 Å². The molecule has 1 fully saturated rings. The molecule has 96 valence electrons. The van der Waals surface area contributed by atoms with E-state index in [9.17, 15) is 0 Å². The van der Waals surface area contributed by atoms with Crippen molar-refractivity contribution in [3.63, 3.8) is 0 Å². The molecule has 0 aromatic carbocycles. The summed E-state index contributed by atoms with van der Waals surface area (Å²) < 4.78 is 11.2. The van der Waals surface area contributed by atoms with Crippen LogP contribution in [0.15, 0.2) is 22.8 Å². The van der Waals surface area contributed by atoms with Crippen LogP contribution in [0.3, 0.4) is 0 Å². The molecule has 17 heavy (non-hydrogen) atoms. The molecule has 0 bridgehead atoms. The topological polar surface area (TPSA) is 37.6 Å². The molecular weight excluding hydrogens is 216 g/mol. The fourth-order valence-electron chi connectivity index (χ4n) is 1.97. The van der Waals surface area contributed by atoms with E-state index in [1.54, 1.807) is 6.26 Å². The highest BCUT2D eigenvalue weighted by Crippen LogP contribution is 2.15. The molecule has 4 nitrogen and oxygen atoms in total. The van der Waals surface area contributed by atoms with Crippen LogP contribution in [0.5, 0.6) is 0 Å². The first kappa shape index (κ1) is 12.6. The first-order valence-corrected chi connectivity index (χ1v) is 6.31. The van der Waals surface area contributed by atoms with Crippen molar-refractivity contribution >= 4 is 0 Å². The number of nitrogens with zero attached hydrogens (tertiary/aromatic N) is 1. The molecule has 0 radical (unpaired) electrons. The lowest BCUT2D eigenvalue weighted by molar-refractivity contribution is -0.0725. The van der Waals surface area contributed by atoms with Gasteiger partial charge in [0, 0.05) is 19.6 Å². The molecular formula is C13H22N2O2. The van der Waals surface area contributed by atoms with Gasteiger partial charge in [-0.25, -0.2) is 0 Å². The van der Waals surface area contributed by atoms with Crippen molar-refractivity contribution in [2.45, 2.75) is 26.0 Å². The number of rotatable bonds is 7. The second kappa shape index (κ2) is 5.67. The van der Waals surface area contributed by atoms with E-state index in [0.717, 1.165) is 45.1 Å². The Morgan fingerprint density at radius 3 is 2.88 bits per heavy atom. The summed E-state index contributed by atoms with van der Waals surface area (Å²) in [5.74, 6) is 1.02. The minimum absolute atomic E-state index is 0.0596. The number of likely N-dealkylation sites (N-methyl/N-ethyl adjacent to an activating group) is 1. The first-order chi connectivity index (χ1) is 8.22. The zero-order valence-electron chi connectivity index (χ0n) is 10.7. The second-order valence-electron chi connectivity index (χ2n) is 4.85. The number of nitrogens with one attached hydrogen (secondary N) is 1. The van der Waals surface area contributed by atoms with Gasteiger partial charge >= 0.3 is 0 Å². The Bertz CT molecular complexity index is 320. The van der Waals surface area contributed by atoms with Crippen LogP contribution >= 0.6 is 0 Å². The maximum absolute atomic E-state index is 5.88. The Balaban J connectivity index is 1.68. The van der Waals surface area contributed by atoms with Gasteiger partial charge in [0.15, 0.2) is 0 Å². The molecule has 1 aliphatic rings. The third kappa shape index (κ3) is 3.56. The van der Waals surface area contributed by atoms with E-state index in [1.807, 2.05) is 12.1 Å². The van der Waals surface area contributed by atoms with Gasteiger partial charge in [-0.3, -0.25) is 4.90 Å². The average Bonchev–Trinajstić information content (AvgIpc) is 2.78. The Kier molecular flexibility index (Phi) is 4.20. The van der Waals surface area contributed by atoms with Crippen molar-refractivity contribution in [2.24, 2.45) is 0 Å². The molecule has 0 unspecified atom stereocenters. The molecule has 0 saturated carbocycles. The minimum atomic E-state index is 0.0596. The highest BCUT2D eigenvalue weighted by atomic mass is 16.5. The van der Waals surface area contributed by atoms with Crippen LogP contribution in [0.2, 0.25) is 0 Å². The molecule has 4 heteroatoms. The van der Waals surface area contributed by atoms with Crippen LogP contribution in [-0.2, 0) is 11.3 Å². The Morgan fingerprint density at radius 2 is 2.35 bits per heavy atom. The fourth-order valence-corrected chi connectivity index (χ4v) is 1.97. The maximum Gasteiger partial charge on any atom is 0.117 e. The number of hydrogen-bond acceptors (Lipinski definition) is 4. The van der Waals surface area contributed by atoms with Gasteiger partial charge in [0.1, 0.15) is 5.76 Å². The molecule has 0 amide bonds. The molecule has 0 aliphatic carbocycles. The van der Waals surface area contributed by atoms with E-state index < -0.39 is 0 Å². The van der Waals surface area contributed by atoms with E-state index in [2.05, 4.69) is 24.1 Å². The smallest absolute Gasteiger partial charge is 0.117 e. The van der Waals surface area contributed by atoms with Gasteiger partial charge in [0.05, 0.1) is 25.0 Å². The van der Waals surface area contributed by atoms with Crippen molar-refractivity contribution < 1.29 is 9.15 Å². The fraction of sp³-hybridized carbons (Fsp3) is 0.692. The van der Waals surface area contributed by atoms with E-state index in [1.165, 1.54) is 0 Å². The van der Waals surface area contributed by atoms with Gasteiger partial charge in [-0.2, -0.15) is 0 Å². The SMILES string of the molecule is CCN(CCOC1(C)CNC1)Cc1ccco1.